The molecule has 0 amide bonds. The average molecular weight is 838 g/mol. The minimum Gasteiger partial charge on any atom is -0.462 e. The zero-order chi connectivity index (χ0) is 42.5. The molecule has 0 aromatic carbocycles. The van der Waals surface area contributed by atoms with Gasteiger partial charge >= 0.3 is 19.8 Å². The fourth-order valence-corrected chi connectivity index (χ4v) is 7.22. The van der Waals surface area contributed by atoms with Gasteiger partial charge in [-0.2, -0.15) is 0 Å². The topological polar surface area (TPSA) is 134 Å². The van der Waals surface area contributed by atoms with E-state index >= 15 is 0 Å². The fourth-order valence-electron chi connectivity index (χ4n) is 6.45. The maximum atomic E-state index is 12.6. The van der Waals surface area contributed by atoms with E-state index in [1.165, 1.54) is 135 Å². The van der Waals surface area contributed by atoms with Crippen LogP contribution in [0.15, 0.2) is 48.6 Å². The summed E-state index contributed by atoms with van der Waals surface area (Å²) in [7, 11) is -4.39. The minimum atomic E-state index is -4.39. The number of phosphoric acid groups is 1. The lowest BCUT2D eigenvalue weighted by molar-refractivity contribution is -0.161. The fraction of sp³-hybridized carbons (Fsp3) is 0.792. The first-order chi connectivity index (χ1) is 28.3. The van der Waals surface area contributed by atoms with E-state index in [2.05, 4.69) is 56.4 Å². The van der Waals surface area contributed by atoms with Crippen molar-refractivity contribution in [1.82, 2.24) is 0 Å². The number of phosphoric ester groups is 1. The lowest BCUT2D eigenvalue weighted by Gasteiger charge is -2.19. The molecule has 1 unspecified atom stereocenters. The van der Waals surface area contributed by atoms with Gasteiger partial charge < -0.3 is 20.1 Å². The van der Waals surface area contributed by atoms with Gasteiger partial charge in [-0.05, 0) is 51.4 Å². The molecule has 0 saturated carbocycles. The Balaban J connectivity index is 4.15. The van der Waals surface area contributed by atoms with Gasteiger partial charge in [0, 0.05) is 19.4 Å². The predicted octanol–water partition coefficient (Wildman–Crippen LogP) is 13.9. The molecular formula is C48H88NO8P. The summed E-state index contributed by atoms with van der Waals surface area (Å²) in [6.45, 7) is 3.66. The Morgan fingerprint density at radius 1 is 0.517 bits per heavy atom. The van der Waals surface area contributed by atoms with Crippen LogP contribution in [0.5, 0.6) is 0 Å². The van der Waals surface area contributed by atoms with E-state index in [0.29, 0.717) is 12.8 Å². The van der Waals surface area contributed by atoms with Gasteiger partial charge in [0.1, 0.15) is 6.61 Å². The maximum Gasteiger partial charge on any atom is 0.472 e. The number of allylic oxidation sites excluding steroid dienone is 8. The van der Waals surface area contributed by atoms with Gasteiger partial charge in [0.15, 0.2) is 6.10 Å². The van der Waals surface area contributed by atoms with Crippen LogP contribution >= 0.6 is 7.82 Å². The number of hydrogen-bond acceptors (Lipinski definition) is 8. The van der Waals surface area contributed by atoms with E-state index in [1.807, 2.05) is 6.08 Å². The summed E-state index contributed by atoms with van der Waals surface area (Å²) in [5.74, 6) is -0.888. The predicted molar refractivity (Wildman–Crippen MR) is 243 cm³/mol. The molecule has 0 aromatic rings. The van der Waals surface area contributed by atoms with Gasteiger partial charge in [0.05, 0.1) is 13.2 Å². The molecule has 0 rings (SSSR count). The molecule has 0 aromatic heterocycles. The summed E-state index contributed by atoms with van der Waals surface area (Å²) >= 11 is 0. The molecule has 0 spiro atoms. The lowest BCUT2D eigenvalue weighted by Crippen LogP contribution is -2.29. The van der Waals surface area contributed by atoms with Crippen LogP contribution in [0.25, 0.3) is 0 Å². The highest BCUT2D eigenvalue weighted by Gasteiger charge is 2.26. The third-order valence-corrected chi connectivity index (χ3v) is 11.0. The molecule has 0 radical (unpaired) electrons. The van der Waals surface area contributed by atoms with Crippen molar-refractivity contribution in [3.63, 3.8) is 0 Å². The normalized spacial score (nSPS) is 13.7. The zero-order valence-electron chi connectivity index (χ0n) is 37.3. The smallest absolute Gasteiger partial charge is 0.462 e. The summed E-state index contributed by atoms with van der Waals surface area (Å²) in [5, 5.41) is 0. The molecule has 0 saturated heterocycles. The molecule has 0 bridgehead atoms. The second kappa shape index (κ2) is 44.5. The third-order valence-electron chi connectivity index (χ3n) is 9.97. The van der Waals surface area contributed by atoms with Crippen LogP contribution in [0, 0.1) is 0 Å². The van der Waals surface area contributed by atoms with Crippen LogP contribution in [0.4, 0.5) is 0 Å². The Morgan fingerprint density at radius 2 is 0.914 bits per heavy atom. The molecular weight excluding hydrogens is 750 g/mol. The van der Waals surface area contributed by atoms with Crippen molar-refractivity contribution in [3.8, 4) is 0 Å². The molecule has 10 heteroatoms. The molecule has 0 aliphatic rings. The number of carbonyl (C=O) groups is 2. The number of nitrogens with two attached hydrogens (primary N) is 1. The van der Waals surface area contributed by atoms with E-state index in [-0.39, 0.29) is 32.6 Å². The first-order valence-electron chi connectivity index (χ1n) is 23.6. The van der Waals surface area contributed by atoms with Gasteiger partial charge in [-0.25, -0.2) is 4.57 Å². The Bertz CT molecular complexity index is 1090. The Morgan fingerprint density at radius 3 is 1.38 bits per heavy atom. The molecule has 338 valence electrons. The molecule has 0 heterocycles. The largest absolute Gasteiger partial charge is 0.472 e. The van der Waals surface area contributed by atoms with E-state index in [0.717, 1.165) is 38.5 Å². The lowest BCUT2D eigenvalue weighted by atomic mass is 10.0. The standard InChI is InChI=1S/C48H88NO8P/c1-3-5-7-9-11-13-15-17-19-21-22-23-25-26-28-30-32-34-36-38-40-47(50)54-44-46(45-56-58(52,53)55-43-42-49)57-48(51)41-39-37-35-33-31-29-27-24-20-18-16-14-12-10-8-6-4-2/h12,14,18,20,27,29,33,35,46H,3-11,13,15-17,19,21-26,28,30-32,34,36-45,49H2,1-2H3,(H,52,53)/b14-12+,20-18+,29-27+,35-33+/t46-/m1/s1. The first-order valence-corrected chi connectivity index (χ1v) is 25.1. The van der Waals surface area contributed by atoms with Gasteiger partial charge in [0.25, 0.3) is 0 Å². The Labute approximate surface area is 356 Å². The van der Waals surface area contributed by atoms with Crippen molar-refractivity contribution in [2.45, 2.75) is 219 Å². The van der Waals surface area contributed by atoms with Gasteiger partial charge in [0.2, 0.25) is 0 Å². The van der Waals surface area contributed by atoms with Crippen molar-refractivity contribution >= 4 is 19.8 Å². The van der Waals surface area contributed by atoms with Crippen LogP contribution in [-0.4, -0.2) is 49.3 Å². The quantitative estimate of drug-likeness (QED) is 0.0266. The summed E-state index contributed by atoms with van der Waals surface area (Å²) in [4.78, 5) is 34.9. The zero-order valence-corrected chi connectivity index (χ0v) is 38.2. The van der Waals surface area contributed by atoms with Crippen molar-refractivity contribution in [1.29, 1.82) is 0 Å². The molecule has 0 aliphatic carbocycles. The SMILES string of the molecule is CCCCC/C=C/C/C=C/C/C=C/C/C=C/CCCC(=O)O[C@H](COC(=O)CCCCCCCCCCCCCCCCCCCCCC)COP(=O)(O)OCCN. The molecule has 58 heavy (non-hydrogen) atoms. The van der Waals surface area contributed by atoms with Crippen LogP contribution in [-0.2, 0) is 32.7 Å². The maximum absolute atomic E-state index is 12.6. The summed E-state index contributed by atoms with van der Waals surface area (Å²) in [5.41, 5.74) is 5.35. The highest BCUT2D eigenvalue weighted by Crippen LogP contribution is 2.43. The highest BCUT2D eigenvalue weighted by atomic mass is 31.2. The Hall–Kier alpha value is -2.03. The minimum absolute atomic E-state index is 0.0445. The van der Waals surface area contributed by atoms with E-state index < -0.39 is 32.5 Å². The summed E-state index contributed by atoms with van der Waals surface area (Å²) in [6.07, 6.45) is 51.5. The van der Waals surface area contributed by atoms with E-state index in [9.17, 15) is 19.0 Å². The molecule has 0 aliphatic heterocycles. The number of ether oxygens (including phenoxy) is 2. The number of carbonyl (C=O) groups excluding carboxylic acids is 2. The van der Waals surface area contributed by atoms with Crippen LogP contribution in [0.3, 0.4) is 0 Å². The summed E-state index contributed by atoms with van der Waals surface area (Å²) < 4.78 is 32.8. The van der Waals surface area contributed by atoms with E-state index in [4.69, 9.17) is 24.3 Å². The summed E-state index contributed by atoms with van der Waals surface area (Å²) in [6, 6.07) is 0. The molecule has 9 nitrogen and oxygen atoms in total. The van der Waals surface area contributed by atoms with Crippen LogP contribution in [0.1, 0.15) is 213 Å². The molecule has 0 fully saturated rings. The first kappa shape index (κ1) is 56.0. The number of unbranched alkanes of at least 4 members (excludes halogenated alkanes) is 23. The number of hydrogen-bond donors (Lipinski definition) is 2. The van der Waals surface area contributed by atoms with Gasteiger partial charge in [-0.3, -0.25) is 18.6 Å². The third kappa shape index (κ3) is 43.5. The average Bonchev–Trinajstić information content (AvgIpc) is 3.21. The number of rotatable bonds is 44. The van der Waals surface area contributed by atoms with E-state index in [1.54, 1.807) is 0 Å². The van der Waals surface area contributed by atoms with Crippen molar-refractivity contribution in [2.24, 2.45) is 5.73 Å². The molecule has 2 atom stereocenters. The van der Waals surface area contributed by atoms with Crippen molar-refractivity contribution < 1.29 is 37.6 Å². The highest BCUT2D eigenvalue weighted by molar-refractivity contribution is 7.47. The van der Waals surface area contributed by atoms with Crippen molar-refractivity contribution in [3.05, 3.63) is 48.6 Å². The second-order valence-electron chi connectivity index (χ2n) is 15.6. The second-order valence-corrected chi connectivity index (χ2v) is 17.1. The van der Waals surface area contributed by atoms with Gasteiger partial charge in [-0.15, -0.1) is 0 Å². The molecule has 3 N–H and O–H groups in total. The van der Waals surface area contributed by atoms with Crippen LogP contribution in [0.2, 0.25) is 0 Å². The Kier molecular flexibility index (Phi) is 43.0. The number of esters is 2. The van der Waals surface area contributed by atoms with Crippen LogP contribution < -0.4 is 5.73 Å². The van der Waals surface area contributed by atoms with Crippen molar-refractivity contribution in [2.75, 3.05) is 26.4 Å². The van der Waals surface area contributed by atoms with Gasteiger partial charge in [-0.1, -0.05) is 197 Å². The monoisotopic (exact) mass is 838 g/mol.